The van der Waals surface area contributed by atoms with Crippen LogP contribution in [-0.4, -0.2) is 23.8 Å². The van der Waals surface area contributed by atoms with Gasteiger partial charge in [-0.05, 0) is 64.8 Å². The summed E-state index contributed by atoms with van der Waals surface area (Å²) in [5.74, 6) is 1.62. The Kier molecular flexibility index (Phi) is 5.84. The van der Waals surface area contributed by atoms with Crippen LogP contribution in [0.4, 0.5) is 10.5 Å². The number of benzene rings is 1. The molecule has 6 nitrogen and oxygen atoms in total. The second-order valence-corrected chi connectivity index (χ2v) is 5.92. The van der Waals surface area contributed by atoms with Crippen LogP contribution in [0.2, 0.25) is 0 Å². The molecule has 24 heavy (non-hydrogen) atoms. The van der Waals surface area contributed by atoms with E-state index in [2.05, 4.69) is 15.8 Å². The molecule has 0 radical (unpaired) electrons. The second kappa shape index (κ2) is 7.86. The van der Waals surface area contributed by atoms with Crippen molar-refractivity contribution < 1.29 is 14.1 Å². The van der Waals surface area contributed by atoms with E-state index >= 15 is 0 Å². The number of carbonyl (C=O) groups excluding carboxylic acids is 1. The van der Waals surface area contributed by atoms with Crippen molar-refractivity contribution in [1.82, 2.24) is 10.5 Å². The molecule has 0 bridgehead atoms. The van der Waals surface area contributed by atoms with Crippen LogP contribution in [0.1, 0.15) is 36.4 Å². The Balaban J connectivity index is 1.92. The van der Waals surface area contributed by atoms with Crippen LogP contribution in [0.3, 0.4) is 0 Å². The molecular weight excluding hydrogens is 306 g/mol. The molecule has 0 aliphatic carbocycles. The summed E-state index contributed by atoms with van der Waals surface area (Å²) in [6, 6.07) is 5.31. The number of hydrogen-bond donors (Lipinski definition) is 2. The van der Waals surface area contributed by atoms with Crippen molar-refractivity contribution in [3.63, 3.8) is 0 Å². The lowest BCUT2D eigenvalue weighted by atomic mass is 10.1. The van der Waals surface area contributed by atoms with E-state index in [9.17, 15) is 4.79 Å². The standard InChI is InChI=1S/C18H25N3O3/c1-6-23-17-8-7-15(9-11(17)2)20-18(22)19-12(3)10-16-13(4)21-24-14(16)5/h7-9,12H,6,10H2,1-5H3,(H2,19,20,22)/t12-/m0/s1. The molecular formula is C18H25N3O3. The van der Waals surface area contributed by atoms with Crippen LogP contribution >= 0.6 is 0 Å². The molecule has 1 aromatic heterocycles. The molecule has 1 atom stereocenters. The lowest BCUT2D eigenvalue weighted by Crippen LogP contribution is -2.37. The topological polar surface area (TPSA) is 76.4 Å². The maximum Gasteiger partial charge on any atom is 0.319 e. The van der Waals surface area contributed by atoms with E-state index in [0.29, 0.717) is 13.0 Å². The van der Waals surface area contributed by atoms with Gasteiger partial charge in [-0.25, -0.2) is 4.79 Å². The number of aryl methyl sites for hydroxylation is 3. The van der Waals surface area contributed by atoms with Crippen LogP contribution < -0.4 is 15.4 Å². The number of ether oxygens (including phenoxy) is 1. The first-order chi connectivity index (χ1) is 11.4. The first kappa shape index (κ1) is 17.8. The highest BCUT2D eigenvalue weighted by molar-refractivity contribution is 5.89. The van der Waals surface area contributed by atoms with Crippen LogP contribution in [0, 0.1) is 20.8 Å². The zero-order valence-corrected chi connectivity index (χ0v) is 14.9. The Morgan fingerprint density at radius 2 is 2.08 bits per heavy atom. The molecule has 0 saturated heterocycles. The number of carbonyl (C=O) groups is 1. The zero-order chi connectivity index (χ0) is 17.7. The van der Waals surface area contributed by atoms with Gasteiger partial charge in [-0.1, -0.05) is 5.16 Å². The van der Waals surface area contributed by atoms with Crippen LogP contribution in [-0.2, 0) is 6.42 Å². The third-order valence-corrected chi connectivity index (χ3v) is 3.80. The van der Waals surface area contributed by atoms with E-state index in [4.69, 9.17) is 9.26 Å². The Labute approximate surface area is 142 Å². The van der Waals surface area contributed by atoms with Gasteiger partial charge in [0.1, 0.15) is 11.5 Å². The summed E-state index contributed by atoms with van der Waals surface area (Å²) in [5.41, 5.74) is 3.62. The Bertz CT molecular complexity index is 690. The van der Waals surface area contributed by atoms with Gasteiger partial charge in [-0.2, -0.15) is 0 Å². The summed E-state index contributed by atoms with van der Waals surface area (Å²) in [7, 11) is 0. The van der Waals surface area contributed by atoms with Gasteiger partial charge in [0.2, 0.25) is 0 Å². The van der Waals surface area contributed by atoms with Crippen molar-refractivity contribution in [3.05, 3.63) is 40.8 Å². The smallest absolute Gasteiger partial charge is 0.319 e. The molecule has 2 N–H and O–H groups in total. The lowest BCUT2D eigenvalue weighted by molar-refractivity contribution is 0.249. The molecule has 2 amide bonds. The summed E-state index contributed by atoms with van der Waals surface area (Å²) < 4.78 is 10.6. The van der Waals surface area contributed by atoms with Gasteiger partial charge in [0, 0.05) is 17.3 Å². The van der Waals surface area contributed by atoms with Gasteiger partial charge in [-0.3, -0.25) is 0 Å². The fraction of sp³-hybridized carbons (Fsp3) is 0.444. The number of rotatable bonds is 6. The second-order valence-electron chi connectivity index (χ2n) is 5.92. The summed E-state index contributed by atoms with van der Waals surface area (Å²) in [5, 5.41) is 9.71. The van der Waals surface area contributed by atoms with Crippen LogP contribution in [0.5, 0.6) is 5.75 Å². The van der Waals surface area contributed by atoms with Crippen LogP contribution in [0.15, 0.2) is 22.7 Å². The minimum Gasteiger partial charge on any atom is -0.494 e. The maximum atomic E-state index is 12.2. The fourth-order valence-corrected chi connectivity index (χ4v) is 2.59. The van der Waals surface area contributed by atoms with E-state index in [0.717, 1.165) is 34.0 Å². The molecule has 1 aromatic carbocycles. The van der Waals surface area contributed by atoms with Crippen molar-refractivity contribution in [2.24, 2.45) is 0 Å². The highest BCUT2D eigenvalue weighted by Crippen LogP contribution is 2.22. The number of nitrogens with one attached hydrogen (secondary N) is 2. The summed E-state index contributed by atoms with van der Waals surface area (Å²) in [6.45, 7) is 10.3. The number of amides is 2. The highest BCUT2D eigenvalue weighted by Gasteiger charge is 2.15. The largest absolute Gasteiger partial charge is 0.494 e. The maximum absolute atomic E-state index is 12.2. The SMILES string of the molecule is CCOc1ccc(NC(=O)N[C@@H](C)Cc2c(C)noc2C)cc1C. The Hall–Kier alpha value is -2.50. The molecule has 0 unspecified atom stereocenters. The summed E-state index contributed by atoms with van der Waals surface area (Å²) in [6.07, 6.45) is 0.677. The van der Waals surface area contributed by atoms with Gasteiger partial charge in [-0.15, -0.1) is 0 Å². The number of nitrogens with zero attached hydrogens (tertiary/aromatic N) is 1. The third kappa shape index (κ3) is 4.50. The number of hydrogen-bond acceptors (Lipinski definition) is 4. The molecule has 2 aromatic rings. The molecule has 130 valence electrons. The van der Waals surface area contributed by atoms with Crippen molar-refractivity contribution in [2.75, 3.05) is 11.9 Å². The molecule has 2 rings (SSSR count). The monoisotopic (exact) mass is 331 g/mol. The minimum atomic E-state index is -0.238. The van der Waals surface area contributed by atoms with E-state index in [-0.39, 0.29) is 12.1 Å². The Morgan fingerprint density at radius 3 is 2.67 bits per heavy atom. The highest BCUT2D eigenvalue weighted by atomic mass is 16.5. The van der Waals surface area contributed by atoms with Crippen molar-refractivity contribution in [2.45, 2.75) is 47.1 Å². The first-order valence-corrected chi connectivity index (χ1v) is 8.13. The zero-order valence-electron chi connectivity index (χ0n) is 14.9. The minimum absolute atomic E-state index is 0.0365. The molecule has 0 aliphatic heterocycles. The normalized spacial score (nSPS) is 11.9. The molecule has 0 spiro atoms. The van der Waals surface area contributed by atoms with E-state index in [1.54, 1.807) is 0 Å². The van der Waals surface area contributed by atoms with Gasteiger partial charge < -0.3 is 19.9 Å². The van der Waals surface area contributed by atoms with Crippen molar-refractivity contribution >= 4 is 11.7 Å². The van der Waals surface area contributed by atoms with Crippen molar-refractivity contribution in [3.8, 4) is 5.75 Å². The predicted octanol–water partition coefficient (Wildman–Crippen LogP) is 3.75. The summed E-state index contributed by atoms with van der Waals surface area (Å²) in [4.78, 5) is 12.2. The lowest BCUT2D eigenvalue weighted by Gasteiger charge is -2.15. The fourth-order valence-electron chi connectivity index (χ4n) is 2.59. The molecule has 1 heterocycles. The van der Waals surface area contributed by atoms with E-state index in [1.165, 1.54) is 0 Å². The van der Waals surface area contributed by atoms with Gasteiger partial charge >= 0.3 is 6.03 Å². The predicted molar refractivity (Wildman–Crippen MR) is 93.6 cm³/mol. The number of urea groups is 1. The van der Waals surface area contributed by atoms with E-state index < -0.39 is 0 Å². The third-order valence-electron chi connectivity index (χ3n) is 3.80. The van der Waals surface area contributed by atoms with Crippen molar-refractivity contribution in [1.29, 1.82) is 0 Å². The van der Waals surface area contributed by atoms with Gasteiger partial charge in [0.25, 0.3) is 0 Å². The van der Waals surface area contributed by atoms with Gasteiger partial charge in [0.05, 0.1) is 12.3 Å². The summed E-state index contributed by atoms with van der Waals surface area (Å²) >= 11 is 0. The first-order valence-electron chi connectivity index (χ1n) is 8.13. The molecule has 6 heteroatoms. The molecule has 0 fully saturated rings. The van der Waals surface area contributed by atoms with Crippen LogP contribution in [0.25, 0.3) is 0 Å². The van der Waals surface area contributed by atoms with Gasteiger partial charge in [0.15, 0.2) is 0 Å². The van der Waals surface area contributed by atoms with E-state index in [1.807, 2.05) is 52.8 Å². The average molecular weight is 331 g/mol. The molecule has 0 saturated carbocycles. The Morgan fingerprint density at radius 1 is 1.33 bits per heavy atom. The average Bonchev–Trinajstić information content (AvgIpc) is 2.82. The number of anilines is 1. The molecule has 0 aliphatic rings. The quantitative estimate of drug-likeness (QED) is 0.845. The number of aromatic nitrogens is 1.